The van der Waals surface area contributed by atoms with Gasteiger partial charge in [-0.3, -0.25) is 0 Å². The highest BCUT2D eigenvalue weighted by Crippen LogP contribution is 2.14. The predicted molar refractivity (Wildman–Crippen MR) is 75.4 cm³/mol. The monoisotopic (exact) mass is 287 g/mol. The molecule has 19 heavy (non-hydrogen) atoms. The first-order chi connectivity index (χ1) is 9.17. The van der Waals surface area contributed by atoms with Crippen LogP contribution >= 0.6 is 0 Å². The van der Waals surface area contributed by atoms with Crippen LogP contribution in [0.5, 0.6) is 0 Å². The van der Waals surface area contributed by atoms with Gasteiger partial charge in [0.2, 0.25) is 0 Å². The second kappa shape index (κ2) is 9.34. The fraction of sp³-hybridized carbons (Fsp3) is 0.571. The molecule has 0 aliphatic rings. The smallest absolute Gasteiger partial charge is 0.160 e. The lowest BCUT2D eigenvalue weighted by atomic mass is 10.3. The molecule has 1 aromatic carbocycles. The summed E-state index contributed by atoms with van der Waals surface area (Å²) in [6, 6.07) is 9.14. The molecule has 0 bridgehead atoms. The molecule has 0 aliphatic heterocycles. The molecular formula is C14H22O4S. The lowest BCUT2D eigenvalue weighted by Crippen LogP contribution is -2.29. The van der Waals surface area contributed by atoms with Gasteiger partial charge in [-0.15, -0.1) is 0 Å². The Hall–Kier alpha value is -0.590. The fourth-order valence-corrected chi connectivity index (χ4v) is 2.83. The van der Waals surface area contributed by atoms with E-state index >= 15 is 0 Å². The fourth-order valence-electron chi connectivity index (χ4n) is 1.69. The number of rotatable bonds is 9. The zero-order valence-electron chi connectivity index (χ0n) is 11.5. The van der Waals surface area contributed by atoms with E-state index in [-0.39, 0.29) is 5.75 Å². The molecule has 0 saturated carbocycles. The highest BCUT2D eigenvalue weighted by atomic mass is 32.2. The normalized spacial score (nSPS) is 14.6. The Balaban J connectivity index is 2.42. The molecule has 1 N–H and O–H groups in total. The van der Waals surface area contributed by atoms with Crippen LogP contribution in [-0.4, -0.2) is 41.0 Å². The van der Waals surface area contributed by atoms with Crippen LogP contribution in [0.1, 0.15) is 20.3 Å². The molecule has 0 amide bonds. The van der Waals surface area contributed by atoms with E-state index in [4.69, 9.17) is 9.47 Å². The SMILES string of the molecule is CCOC(CC(O)C[S+]([O-])[13c]1ccccc1)OCC. The van der Waals surface area contributed by atoms with E-state index in [1.54, 1.807) is 12.1 Å². The number of hydrogen-bond acceptors (Lipinski definition) is 4. The molecule has 2 unspecified atom stereocenters. The zero-order chi connectivity index (χ0) is 14.1. The third kappa shape index (κ3) is 6.40. The minimum Gasteiger partial charge on any atom is -0.611 e. The largest absolute Gasteiger partial charge is 0.611 e. The number of ether oxygens (including phenoxy) is 2. The summed E-state index contributed by atoms with van der Waals surface area (Å²) in [5.74, 6) is 0.195. The Morgan fingerprint density at radius 2 is 1.74 bits per heavy atom. The van der Waals surface area contributed by atoms with Crippen molar-refractivity contribution in [2.45, 2.75) is 37.6 Å². The quantitative estimate of drug-likeness (QED) is 0.557. The predicted octanol–water partition coefficient (Wildman–Crippen LogP) is 1.94. The Labute approximate surface area is 117 Å². The average Bonchev–Trinajstić information content (AvgIpc) is 2.40. The van der Waals surface area contributed by atoms with Crippen molar-refractivity contribution in [1.82, 2.24) is 0 Å². The average molecular weight is 287 g/mol. The van der Waals surface area contributed by atoms with Gasteiger partial charge in [-0.2, -0.15) is 0 Å². The van der Waals surface area contributed by atoms with Crippen molar-refractivity contribution in [2.75, 3.05) is 19.0 Å². The summed E-state index contributed by atoms with van der Waals surface area (Å²) in [7, 11) is 0. The Bertz CT molecular complexity index is 327. The molecule has 0 spiro atoms. The van der Waals surface area contributed by atoms with Crippen molar-refractivity contribution in [3.8, 4) is 0 Å². The number of hydrogen-bond donors (Lipinski definition) is 1. The minimum atomic E-state index is -1.20. The van der Waals surface area contributed by atoms with Crippen molar-refractivity contribution in [2.24, 2.45) is 0 Å². The summed E-state index contributed by atoms with van der Waals surface area (Å²) < 4.78 is 22.7. The third-order valence-electron chi connectivity index (χ3n) is 2.52. The van der Waals surface area contributed by atoms with Crippen LogP contribution in [0.4, 0.5) is 0 Å². The maximum atomic E-state index is 12.0. The van der Waals surface area contributed by atoms with E-state index in [2.05, 4.69) is 0 Å². The number of benzene rings is 1. The standard InChI is InChI=1S/C14H22O4S/c1-3-17-14(18-4-2)10-12(15)11-19(16)13-8-6-5-7-9-13/h5-9,12,14-15H,3-4,10-11H2,1-2H3/i13+1. The molecule has 108 valence electrons. The minimum absolute atomic E-state index is 0.195. The van der Waals surface area contributed by atoms with Gasteiger partial charge in [0, 0.05) is 19.6 Å². The van der Waals surface area contributed by atoms with E-state index in [1.807, 2.05) is 32.0 Å². The molecule has 4 nitrogen and oxygen atoms in total. The van der Waals surface area contributed by atoms with Crippen LogP contribution < -0.4 is 0 Å². The lowest BCUT2D eigenvalue weighted by molar-refractivity contribution is -0.150. The van der Waals surface area contributed by atoms with Gasteiger partial charge in [-0.1, -0.05) is 18.2 Å². The Kier molecular flexibility index (Phi) is 8.09. The Morgan fingerprint density at radius 1 is 1.16 bits per heavy atom. The van der Waals surface area contributed by atoms with Crippen LogP contribution in [0.15, 0.2) is 35.2 Å². The van der Waals surface area contributed by atoms with E-state index in [9.17, 15) is 9.66 Å². The first-order valence-electron chi connectivity index (χ1n) is 6.52. The molecule has 0 radical (unpaired) electrons. The molecule has 2 atom stereocenters. The number of aliphatic hydroxyl groups is 1. The van der Waals surface area contributed by atoms with E-state index in [0.29, 0.717) is 19.6 Å². The number of aliphatic hydroxyl groups excluding tert-OH is 1. The zero-order valence-corrected chi connectivity index (χ0v) is 12.3. The van der Waals surface area contributed by atoms with E-state index in [1.165, 1.54) is 0 Å². The van der Waals surface area contributed by atoms with Gasteiger partial charge in [0.1, 0.15) is 11.9 Å². The van der Waals surface area contributed by atoms with Crippen molar-refractivity contribution in [3.05, 3.63) is 30.3 Å². The van der Waals surface area contributed by atoms with Gasteiger partial charge in [0.15, 0.2) is 11.2 Å². The van der Waals surface area contributed by atoms with Gasteiger partial charge in [0.05, 0.1) is 0 Å². The molecule has 5 heteroatoms. The van der Waals surface area contributed by atoms with Crippen LogP contribution in [-0.2, 0) is 20.6 Å². The summed E-state index contributed by atoms with van der Waals surface area (Å²) in [6.07, 6.45) is -0.804. The molecule has 1 rings (SSSR count). The Morgan fingerprint density at radius 3 is 2.26 bits per heavy atom. The summed E-state index contributed by atoms with van der Waals surface area (Å²) in [5, 5.41) is 9.95. The van der Waals surface area contributed by atoms with Crippen LogP contribution in [0, 0.1) is 0 Å². The maximum absolute atomic E-state index is 12.0. The van der Waals surface area contributed by atoms with E-state index < -0.39 is 23.6 Å². The topological polar surface area (TPSA) is 61.8 Å². The summed E-state index contributed by atoms with van der Waals surface area (Å²) in [6.45, 7) is 4.80. The summed E-state index contributed by atoms with van der Waals surface area (Å²) >= 11 is -1.20. The van der Waals surface area contributed by atoms with Crippen LogP contribution in [0.25, 0.3) is 0 Å². The highest BCUT2D eigenvalue weighted by Gasteiger charge is 2.21. The molecular weight excluding hydrogens is 265 g/mol. The first kappa shape index (κ1) is 16.5. The molecule has 0 aromatic heterocycles. The molecule has 0 saturated heterocycles. The molecule has 0 heterocycles. The van der Waals surface area contributed by atoms with Crippen molar-refractivity contribution in [3.63, 3.8) is 0 Å². The highest BCUT2D eigenvalue weighted by molar-refractivity contribution is 7.91. The van der Waals surface area contributed by atoms with Gasteiger partial charge in [0.25, 0.3) is 0 Å². The molecule has 1 aromatic rings. The maximum Gasteiger partial charge on any atom is 0.160 e. The van der Waals surface area contributed by atoms with Crippen molar-refractivity contribution < 1.29 is 19.1 Å². The van der Waals surface area contributed by atoms with Crippen LogP contribution in [0.2, 0.25) is 0 Å². The van der Waals surface area contributed by atoms with E-state index in [0.717, 1.165) is 4.90 Å². The lowest BCUT2D eigenvalue weighted by Gasteiger charge is -2.21. The van der Waals surface area contributed by atoms with Gasteiger partial charge in [-0.05, 0) is 37.2 Å². The van der Waals surface area contributed by atoms with Gasteiger partial charge in [-0.25, -0.2) is 0 Å². The van der Waals surface area contributed by atoms with Gasteiger partial charge < -0.3 is 19.1 Å². The summed E-state index contributed by atoms with van der Waals surface area (Å²) in [4.78, 5) is 0.728. The van der Waals surface area contributed by atoms with Crippen LogP contribution in [0.3, 0.4) is 0 Å². The first-order valence-corrected chi connectivity index (χ1v) is 7.83. The van der Waals surface area contributed by atoms with Gasteiger partial charge >= 0.3 is 0 Å². The second-order valence-electron chi connectivity index (χ2n) is 4.06. The molecule has 0 fully saturated rings. The summed E-state index contributed by atoms with van der Waals surface area (Å²) in [5.41, 5.74) is 0. The van der Waals surface area contributed by atoms with Crippen molar-refractivity contribution in [1.29, 1.82) is 0 Å². The third-order valence-corrected chi connectivity index (χ3v) is 4.00. The molecule has 0 aliphatic carbocycles. The second-order valence-corrected chi connectivity index (χ2v) is 5.55. The van der Waals surface area contributed by atoms with Crippen molar-refractivity contribution >= 4 is 11.2 Å².